The summed E-state index contributed by atoms with van der Waals surface area (Å²) in [5.41, 5.74) is 2.31. The van der Waals surface area contributed by atoms with Crippen LogP contribution in [-0.4, -0.2) is 18.2 Å². The average molecular weight is 203 g/mol. The van der Waals surface area contributed by atoms with Crippen LogP contribution in [0.5, 0.6) is 0 Å². The van der Waals surface area contributed by atoms with Crippen LogP contribution in [0.15, 0.2) is 23.1 Å². The predicted octanol–water partition coefficient (Wildman–Crippen LogP) is 1.04. The molecule has 0 bridgehead atoms. The Balaban J connectivity index is 3.41. The van der Waals surface area contributed by atoms with Crippen molar-refractivity contribution in [2.75, 3.05) is 5.48 Å². The van der Waals surface area contributed by atoms with E-state index in [1.54, 1.807) is 18.5 Å². The van der Waals surface area contributed by atoms with E-state index >= 15 is 0 Å². The molecule has 0 atom stereocenters. The van der Waals surface area contributed by atoms with Gasteiger partial charge in [0.15, 0.2) is 0 Å². The van der Waals surface area contributed by atoms with E-state index in [0.29, 0.717) is 5.56 Å². The van der Waals surface area contributed by atoms with Crippen LogP contribution in [0.3, 0.4) is 0 Å². The summed E-state index contributed by atoms with van der Waals surface area (Å²) in [6.07, 6.45) is 0. The Bertz CT molecular complexity index is 413. The van der Waals surface area contributed by atoms with Gasteiger partial charge in [-0.2, -0.15) is 8.42 Å². The molecule has 72 valence electrons. The highest BCUT2D eigenvalue weighted by Gasteiger charge is 2.14. The maximum absolute atomic E-state index is 10.8. The standard InChI is InChI=1S/C7H9NO4S/c1-5-2-3-6(8-9)7(4-5)13(10,11)12/h2-4,8-9H,1H3,(H,10,11,12). The Morgan fingerprint density at radius 2 is 2.00 bits per heavy atom. The van der Waals surface area contributed by atoms with Crippen LogP contribution in [0.2, 0.25) is 0 Å². The molecule has 0 saturated heterocycles. The van der Waals surface area contributed by atoms with Gasteiger partial charge in [0.2, 0.25) is 0 Å². The van der Waals surface area contributed by atoms with Crippen molar-refractivity contribution in [3.63, 3.8) is 0 Å². The zero-order chi connectivity index (χ0) is 10.1. The Labute approximate surface area is 75.7 Å². The third-order valence-corrected chi connectivity index (χ3v) is 2.43. The first kappa shape index (κ1) is 9.97. The molecule has 0 heterocycles. The van der Waals surface area contributed by atoms with Crippen LogP contribution in [0.4, 0.5) is 5.69 Å². The lowest BCUT2D eigenvalue weighted by atomic mass is 10.2. The Hall–Kier alpha value is -1.11. The molecular formula is C7H9NO4S. The zero-order valence-corrected chi connectivity index (χ0v) is 7.67. The van der Waals surface area contributed by atoms with Crippen molar-refractivity contribution in [1.82, 2.24) is 0 Å². The molecule has 5 nitrogen and oxygen atoms in total. The molecule has 0 aliphatic carbocycles. The fourth-order valence-electron chi connectivity index (χ4n) is 0.935. The number of hydrogen-bond donors (Lipinski definition) is 3. The Kier molecular flexibility index (Phi) is 2.55. The van der Waals surface area contributed by atoms with Gasteiger partial charge in [-0.3, -0.25) is 15.2 Å². The van der Waals surface area contributed by atoms with Gasteiger partial charge in [0.1, 0.15) is 4.90 Å². The first-order valence-corrected chi connectivity index (χ1v) is 4.87. The van der Waals surface area contributed by atoms with E-state index in [1.165, 1.54) is 12.1 Å². The molecule has 1 aromatic carbocycles. The highest BCUT2D eigenvalue weighted by atomic mass is 32.2. The van der Waals surface area contributed by atoms with Gasteiger partial charge in [-0.05, 0) is 24.6 Å². The van der Waals surface area contributed by atoms with Crippen molar-refractivity contribution in [1.29, 1.82) is 0 Å². The van der Waals surface area contributed by atoms with Crippen molar-refractivity contribution >= 4 is 15.8 Å². The fourth-order valence-corrected chi connectivity index (χ4v) is 1.66. The van der Waals surface area contributed by atoms with Gasteiger partial charge in [-0.1, -0.05) is 6.07 Å². The van der Waals surface area contributed by atoms with Gasteiger partial charge < -0.3 is 0 Å². The maximum Gasteiger partial charge on any atom is 0.296 e. The van der Waals surface area contributed by atoms with E-state index in [-0.39, 0.29) is 10.6 Å². The van der Waals surface area contributed by atoms with E-state index in [4.69, 9.17) is 9.76 Å². The van der Waals surface area contributed by atoms with Gasteiger partial charge >= 0.3 is 0 Å². The molecule has 1 aromatic rings. The first-order valence-electron chi connectivity index (χ1n) is 3.43. The molecule has 0 spiro atoms. The molecule has 0 radical (unpaired) electrons. The zero-order valence-electron chi connectivity index (χ0n) is 6.85. The molecule has 13 heavy (non-hydrogen) atoms. The lowest BCUT2D eigenvalue weighted by Gasteiger charge is -2.05. The van der Waals surface area contributed by atoms with Crippen LogP contribution in [0.1, 0.15) is 5.56 Å². The first-order chi connectivity index (χ1) is 5.95. The highest BCUT2D eigenvalue weighted by molar-refractivity contribution is 7.86. The van der Waals surface area contributed by atoms with Crippen molar-refractivity contribution in [3.8, 4) is 0 Å². The van der Waals surface area contributed by atoms with Crippen molar-refractivity contribution in [2.45, 2.75) is 11.8 Å². The summed E-state index contributed by atoms with van der Waals surface area (Å²) in [6.45, 7) is 1.68. The monoisotopic (exact) mass is 203 g/mol. The van der Waals surface area contributed by atoms with E-state index in [0.717, 1.165) is 0 Å². The summed E-state index contributed by atoms with van der Waals surface area (Å²) in [7, 11) is -4.29. The minimum atomic E-state index is -4.29. The highest BCUT2D eigenvalue weighted by Crippen LogP contribution is 2.21. The fraction of sp³-hybridized carbons (Fsp3) is 0.143. The Morgan fingerprint density at radius 3 is 2.46 bits per heavy atom. The lowest BCUT2D eigenvalue weighted by molar-refractivity contribution is 0.386. The Morgan fingerprint density at radius 1 is 1.38 bits per heavy atom. The predicted molar refractivity (Wildman–Crippen MR) is 46.4 cm³/mol. The molecule has 0 amide bonds. The summed E-state index contributed by atoms with van der Waals surface area (Å²) in [5, 5.41) is 8.55. The topological polar surface area (TPSA) is 86.6 Å². The number of hydrogen-bond acceptors (Lipinski definition) is 4. The SMILES string of the molecule is Cc1ccc(NO)c(S(=O)(=O)O)c1. The van der Waals surface area contributed by atoms with Crippen molar-refractivity contribution in [3.05, 3.63) is 23.8 Å². The summed E-state index contributed by atoms with van der Waals surface area (Å²) in [5.74, 6) is 0. The van der Waals surface area contributed by atoms with Crippen molar-refractivity contribution < 1.29 is 18.2 Å². The molecule has 0 fully saturated rings. The summed E-state index contributed by atoms with van der Waals surface area (Å²) in [4.78, 5) is -0.338. The summed E-state index contributed by atoms with van der Waals surface area (Å²) < 4.78 is 30.3. The molecule has 0 unspecified atom stereocenters. The van der Waals surface area contributed by atoms with E-state index in [9.17, 15) is 8.42 Å². The van der Waals surface area contributed by atoms with Crippen LogP contribution >= 0.6 is 0 Å². The molecule has 0 aromatic heterocycles. The van der Waals surface area contributed by atoms with E-state index in [2.05, 4.69) is 0 Å². The van der Waals surface area contributed by atoms with Crippen molar-refractivity contribution in [2.24, 2.45) is 0 Å². The van der Waals surface area contributed by atoms with Gasteiger partial charge in [-0.15, -0.1) is 0 Å². The lowest BCUT2D eigenvalue weighted by Crippen LogP contribution is -2.03. The molecule has 6 heteroatoms. The molecule has 0 saturated carbocycles. The molecular weight excluding hydrogens is 194 g/mol. The third-order valence-electron chi connectivity index (χ3n) is 1.54. The summed E-state index contributed by atoms with van der Waals surface area (Å²) in [6, 6.07) is 4.22. The largest absolute Gasteiger partial charge is 0.296 e. The third kappa shape index (κ3) is 2.18. The summed E-state index contributed by atoms with van der Waals surface area (Å²) >= 11 is 0. The normalized spacial score (nSPS) is 11.3. The smallest absolute Gasteiger partial charge is 0.291 e. The van der Waals surface area contributed by atoms with Crippen LogP contribution in [-0.2, 0) is 10.1 Å². The number of nitrogens with one attached hydrogen (secondary N) is 1. The van der Waals surface area contributed by atoms with E-state index < -0.39 is 10.1 Å². The van der Waals surface area contributed by atoms with Crippen LogP contribution in [0, 0.1) is 6.92 Å². The van der Waals surface area contributed by atoms with E-state index in [1.807, 2.05) is 0 Å². The average Bonchev–Trinajstić information content (AvgIpc) is 2.03. The van der Waals surface area contributed by atoms with Crippen LogP contribution < -0.4 is 5.48 Å². The molecule has 0 aliphatic rings. The number of rotatable bonds is 2. The quantitative estimate of drug-likeness (QED) is 0.494. The van der Waals surface area contributed by atoms with Crippen LogP contribution in [0.25, 0.3) is 0 Å². The number of anilines is 1. The molecule has 1 rings (SSSR count). The minimum absolute atomic E-state index is 0.0481. The van der Waals surface area contributed by atoms with Gasteiger partial charge in [0.25, 0.3) is 10.1 Å². The second-order valence-corrected chi connectivity index (χ2v) is 3.98. The number of benzene rings is 1. The molecule has 0 aliphatic heterocycles. The maximum atomic E-state index is 10.8. The molecule has 3 N–H and O–H groups in total. The second kappa shape index (κ2) is 3.33. The second-order valence-electron chi connectivity index (χ2n) is 2.59. The minimum Gasteiger partial charge on any atom is -0.291 e. The van der Waals surface area contributed by atoms with Gasteiger partial charge in [0.05, 0.1) is 5.69 Å². The van der Waals surface area contributed by atoms with Gasteiger partial charge in [-0.25, -0.2) is 0 Å². The van der Waals surface area contributed by atoms with Gasteiger partial charge in [0, 0.05) is 0 Å². The number of aryl methyl sites for hydroxylation is 1.